The van der Waals surface area contributed by atoms with Crippen LogP contribution in [0.15, 0.2) is 27.8 Å². The van der Waals surface area contributed by atoms with Crippen molar-refractivity contribution in [2.45, 2.75) is 96.8 Å². The van der Waals surface area contributed by atoms with Crippen molar-refractivity contribution in [3.05, 3.63) is 34.4 Å². The summed E-state index contributed by atoms with van der Waals surface area (Å²) < 4.78 is 4.91. The van der Waals surface area contributed by atoms with Gasteiger partial charge < -0.3 is 4.42 Å². The van der Waals surface area contributed by atoms with Crippen molar-refractivity contribution in [1.82, 2.24) is 0 Å². The van der Waals surface area contributed by atoms with Gasteiger partial charge in [0.15, 0.2) is 11.2 Å². The van der Waals surface area contributed by atoms with Crippen molar-refractivity contribution in [3.8, 4) is 0 Å². The first-order valence-electron chi connectivity index (χ1n) is 9.85. The van der Waals surface area contributed by atoms with Crippen molar-refractivity contribution in [1.29, 1.82) is 0 Å². The summed E-state index contributed by atoms with van der Waals surface area (Å²) in [5, 5.41) is 0. The summed E-state index contributed by atoms with van der Waals surface area (Å²) in [6.07, 6.45) is 19.7. The zero-order valence-corrected chi connectivity index (χ0v) is 15.4. The molecule has 0 aliphatic carbocycles. The van der Waals surface area contributed by atoms with E-state index in [-0.39, 0.29) is 16.8 Å². The highest BCUT2D eigenvalue weighted by molar-refractivity contribution is 5.95. The topological polar surface area (TPSA) is 47.3 Å². The maximum Gasteiger partial charge on any atom is 0.195 e. The van der Waals surface area contributed by atoms with E-state index in [0.29, 0.717) is 6.42 Å². The standard InChI is InChI=1S/C21H34O3/c1-2-3-4-5-6-7-8-9-10-11-12-13-14-15-20(22)19-18-24-17-16-21(19)23/h16-18H,2-15H2,1H3. The largest absolute Gasteiger partial charge is 0.472 e. The molecule has 1 heterocycles. The van der Waals surface area contributed by atoms with Crippen LogP contribution < -0.4 is 5.43 Å². The Labute approximate surface area is 146 Å². The summed E-state index contributed by atoms with van der Waals surface area (Å²) in [6, 6.07) is 1.30. The van der Waals surface area contributed by atoms with E-state index in [9.17, 15) is 9.59 Å². The molecular weight excluding hydrogens is 300 g/mol. The van der Waals surface area contributed by atoms with Crippen molar-refractivity contribution in [2.75, 3.05) is 0 Å². The van der Waals surface area contributed by atoms with Gasteiger partial charge in [0.1, 0.15) is 11.8 Å². The molecule has 136 valence electrons. The molecule has 0 saturated heterocycles. The van der Waals surface area contributed by atoms with Gasteiger partial charge in [-0.1, -0.05) is 84.0 Å². The van der Waals surface area contributed by atoms with Gasteiger partial charge in [0.05, 0.1) is 6.26 Å². The molecule has 1 aromatic rings. The van der Waals surface area contributed by atoms with E-state index < -0.39 is 0 Å². The molecular formula is C21H34O3. The minimum Gasteiger partial charge on any atom is -0.472 e. The Kier molecular flexibility index (Phi) is 12.1. The maximum absolute atomic E-state index is 11.9. The van der Waals surface area contributed by atoms with Crippen LogP contribution in [0.2, 0.25) is 0 Å². The van der Waals surface area contributed by atoms with Crippen LogP contribution in [0.4, 0.5) is 0 Å². The number of carbonyl (C=O) groups is 1. The Bertz CT molecular complexity index is 490. The van der Waals surface area contributed by atoms with Crippen molar-refractivity contribution in [2.24, 2.45) is 0 Å². The third kappa shape index (κ3) is 9.69. The molecule has 0 saturated carbocycles. The lowest BCUT2D eigenvalue weighted by molar-refractivity contribution is 0.0976. The Hall–Kier alpha value is -1.38. The molecule has 3 heteroatoms. The highest BCUT2D eigenvalue weighted by Gasteiger charge is 2.09. The van der Waals surface area contributed by atoms with Gasteiger partial charge in [-0.05, 0) is 6.42 Å². The second kappa shape index (κ2) is 14.0. The van der Waals surface area contributed by atoms with Gasteiger partial charge in [-0.15, -0.1) is 0 Å². The van der Waals surface area contributed by atoms with Gasteiger partial charge in [-0.3, -0.25) is 9.59 Å². The van der Waals surface area contributed by atoms with Gasteiger partial charge in [0.25, 0.3) is 0 Å². The fraction of sp³-hybridized carbons (Fsp3) is 0.714. The van der Waals surface area contributed by atoms with E-state index in [1.165, 1.54) is 89.2 Å². The van der Waals surface area contributed by atoms with Crippen LogP contribution in [0, 0.1) is 0 Å². The number of hydrogen-bond donors (Lipinski definition) is 0. The Morgan fingerprint density at radius 3 is 1.83 bits per heavy atom. The molecule has 1 aromatic heterocycles. The molecule has 1 rings (SSSR count). The second-order valence-electron chi connectivity index (χ2n) is 6.75. The fourth-order valence-corrected chi connectivity index (χ4v) is 3.00. The number of carbonyl (C=O) groups excluding carboxylic acids is 1. The average molecular weight is 334 g/mol. The summed E-state index contributed by atoms with van der Waals surface area (Å²) >= 11 is 0. The lowest BCUT2D eigenvalue weighted by atomic mass is 10.0. The SMILES string of the molecule is CCCCCCCCCCCCCCCC(=O)c1coccc1=O. The van der Waals surface area contributed by atoms with Crippen LogP contribution in [0.3, 0.4) is 0 Å². The van der Waals surface area contributed by atoms with E-state index in [2.05, 4.69) is 6.92 Å². The minimum absolute atomic E-state index is 0.0903. The van der Waals surface area contributed by atoms with Gasteiger partial charge in [-0.25, -0.2) is 0 Å². The summed E-state index contributed by atoms with van der Waals surface area (Å²) in [5.41, 5.74) is -0.0441. The third-order valence-corrected chi connectivity index (χ3v) is 4.56. The maximum atomic E-state index is 11.9. The predicted octanol–water partition coefficient (Wildman–Crippen LogP) is 6.30. The monoisotopic (exact) mass is 334 g/mol. The van der Waals surface area contributed by atoms with Gasteiger partial charge in [-0.2, -0.15) is 0 Å². The van der Waals surface area contributed by atoms with E-state index in [0.717, 1.165) is 12.8 Å². The molecule has 0 fully saturated rings. The lowest BCUT2D eigenvalue weighted by Crippen LogP contribution is -2.12. The Morgan fingerprint density at radius 1 is 0.833 bits per heavy atom. The van der Waals surface area contributed by atoms with Gasteiger partial charge in [0.2, 0.25) is 0 Å². The van der Waals surface area contributed by atoms with E-state index in [4.69, 9.17) is 4.42 Å². The molecule has 0 atom stereocenters. The molecule has 3 nitrogen and oxygen atoms in total. The molecule has 0 aromatic carbocycles. The zero-order chi connectivity index (χ0) is 17.5. The van der Waals surface area contributed by atoms with E-state index in [1.807, 2.05) is 0 Å². The molecule has 0 unspecified atom stereocenters. The quantitative estimate of drug-likeness (QED) is 0.279. The number of hydrogen-bond acceptors (Lipinski definition) is 3. The highest BCUT2D eigenvalue weighted by Crippen LogP contribution is 2.13. The molecule has 0 bridgehead atoms. The normalized spacial score (nSPS) is 10.9. The van der Waals surface area contributed by atoms with Crippen LogP contribution in [0.5, 0.6) is 0 Å². The van der Waals surface area contributed by atoms with E-state index >= 15 is 0 Å². The lowest BCUT2D eigenvalue weighted by Gasteiger charge is -2.03. The van der Waals surface area contributed by atoms with Gasteiger partial charge in [0, 0.05) is 12.5 Å². The fourth-order valence-electron chi connectivity index (χ4n) is 3.00. The molecule has 0 aliphatic rings. The third-order valence-electron chi connectivity index (χ3n) is 4.56. The molecule has 0 N–H and O–H groups in total. The number of rotatable bonds is 15. The Morgan fingerprint density at radius 2 is 1.33 bits per heavy atom. The summed E-state index contributed by atoms with van der Waals surface area (Å²) in [6.45, 7) is 2.26. The first-order chi connectivity index (χ1) is 11.8. The van der Waals surface area contributed by atoms with Crippen LogP contribution in [0.25, 0.3) is 0 Å². The Balaban J connectivity index is 1.90. The minimum atomic E-state index is -0.235. The molecule has 0 radical (unpaired) electrons. The van der Waals surface area contributed by atoms with Crippen molar-refractivity contribution < 1.29 is 9.21 Å². The number of unbranched alkanes of at least 4 members (excludes halogenated alkanes) is 12. The van der Waals surface area contributed by atoms with Crippen molar-refractivity contribution >= 4 is 5.78 Å². The number of ketones is 1. The molecule has 0 aliphatic heterocycles. The van der Waals surface area contributed by atoms with Crippen LogP contribution in [-0.4, -0.2) is 5.78 Å². The first kappa shape index (κ1) is 20.7. The smallest absolute Gasteiger partial charge is 0.195 e. The number of Topliss-reactive ketones (excluding diaryl/α,β-unsaturated/α-hetero) is 1. The van der Waals surface area contributed by atoms with Gasteiger partial charge >= 0.3 is 0 Å². The summed E-state index contributed by atoms with van der Waals surface area (Å²) in [5.74, 6) is -0.0903. The zero-order valence-electron chi connectivity index (χ0n) is 15.4. The van der Waals surface area contributed by atoms with Crippen LogP contribution in [0.1, 0.15) is 107 Å². The van der Waals surface area contributed by atoms with Crippen LogP contribution >= 0.6 is 0 Å². The average Bonchev–Trinajstić information content (AvgIpc) is 2.59. The summed E-state index contributed by atoms with van der Waals surface area (Å²) in [4.78, 5) is 23.4. The summed E-state index contributed by atoms with van der Waals surface area (Å²) in [7, 11) is 0. The van der Waals surface area contributed by atoms with E-state index in [1.54, 1.807) is 0 Å². The molecule has 0 spiro atoms. The van der Waals surface area contributed by atoms with Crippen LogP contribution in [-0.2, 0) is 0 Å². The van der Waals surface area contributed by atoms with Crippen molar-refractivity contribution in [3.63, 3.8) is 0 Å². The molecule has 24 heavy (non-hydrogen) atoms. The predicted molar refractivity (Wildman–Crippen MR) is 99.6 cm³/mol. The first-order valence-corrected chi connectivity index (χ1v) is 9.85. The highest BCUT2D eigenvalue weighted by atomic mass is 16.3. The second-order valence-corrected chi connectivity index (χ2v) is 6.75. The molecule has 0 amide bonds.